The van der Waals surface area contributed by atoms with Crippen LogP contribution in [0.5, 0.6) is 17.2 Å². The molecule has 5 rings (SSSR count). The van der Waals surface area contributed by atoms with Gasteiger partial charge in [-0.3, -0.25) is 4.90 Å². The number of benzene rings is 2. The molecule has 2 fully saturated rings. The van der Waals surface area contributed by atoms with E-state index in [-0.39, 0.29) is 6.10 Å². The first kappa shape index (κ1) is 26.0. The number of likely N-dealkylation sites (N-methyl/N-ethyl adjacent to an activating group) is 1. The van der Waals surface area contributed by atoms with Crippen LogP contribution in [0.3, 0.4) is 0 Å². The monoisotopic (exact) mass is 571 g/mol. The molecule has 3 aromatic rings. The molecular weight excluding hydrogens is 538 g/mol. The van der Waals surface area contributed by atoms with Gasteiger partial charge in [-0.2, -0.15) is 0 Å². The smallest absolute Gasteiger partial charge is 0.145 e. The van der Waals surface area contributed by atoms with Crippen LogP contribution in [0.2, 0.25) is 0 Å². The molecule has 3 heterocycles. The number of piperazine rings is 1. The molecule has 0 aliphatic carbocycles. The third-order valence-corrected chi connectivity index (χ3v) is 7.53. The minimum atomic E-state index is 0.0640. The number of anilines is 2. The summed E-state index contributed by atoms with van der Waals surface area (Å²) in [4.78, 5) is 13.9. The van der Waals surface area contributed by atoms with E-state index < -0.39 is 0 Å². The first-order valence-electron chi connectivity index (χ1n) is 12.8. The lowest BCUT2D eigenvalue weighted by Crippen LogP contribution is -2.45. The Bertz CT molecular complexity index is 1200. The van der Waals surface area contributed by atoms with E-state index in [1.807, 2.05) is 30.3 Å². The molecule has 2 aliphatic rings. The molecule has 198 valence electrons. The zero-order chi connectivity index (χ0) is 25.6. The fraction of sp³-hybridized carbons (Fsp3) is 0.481. The number of hydrogen-bond donors (Lipinski definition) is 1. The average Bonchev–Trinajstić information content (AvgIpc) is 2.91. The van der Waals surface area contributed by atoms with Crippen LogP contribution in [0.15, 0.2) is 41.1 Å². The SMILES string of the molecule is COc1ccc(Br)c(Nc2ncnc3cc(OCCN4CCN(C)CC4)cc(OC4CCOCC4)c23)c1. The Morgan fingerprint density at radius 1 is 1.05 bits per heavy atom. The molecule has 0 saturated carbocycles. The van der Waals surface area contributed by atoms with Crippen molar-refractivity contribution in [2.45, 2.75) is 18.9 Å². The molecule has 0 radical (unpaired) electrons. The van der Waals surface area contributed by atoms with Crippen LogP contribution in [0.25, 0.3) is 10.9 Å². The van der Waals surface area contributed by atoms with Crippen molar-refractivity contribution in [3.8, 4) is 17.2 Å². The van der Waals surface area contributed by atoms with E-state index in [0.717, 1.165) is 78.1 Å². The topological polar surface area (TPSA) is 81.2 Å². The summed E-state index contributed by atoms with van der Waals surface area (Å²) in [6.45, 7) is 7.21. The van der Waals surface area contributed by atoms with E-state index in [9.17, 15) is 0 Å². The molecule has 37 heavy (non-hydrogen) atoms. The Hall–Kier alpha value is -2.66. The molecule has 1 aromatic heterocycles. The average molecular weight is 573 g/mol. The summed E-state index contributed by atoms with van der Waals surface area (Å²) in [5.41, 5.74) is 1.60. The second kappa shape index (κ2) is 12.3. The standard InChI is InChI=1S/C27H34BrN5O4/c1-32-7-9-33(10-8-32)11-14-36-21-16-24-26(25(17-21)37-19-5-12-35-13-6-19)27(30-18-29-24)31-23-15-20(34-2)3-4-22(23)28/h3-4,15-19H,5-14H2,1-2H3,(H,29,30,31). The Morgan fingerprint density at radius 2 is 1.86 bits per heavy atom. The molecule has 10 heteroatoms. The Labute approximate surface area is 226 Å². The predicted molar refractivity (Wildman–Crippen MR) is 147 cm³/mol. The Morgan fingerprint density at radius 3 is 2.65 bits per heavy atom. The van der Waals surface area contributed by atoms with Gasteiger partial charge in [-0.15, -0.1) is 0 Å². The number of ether oxygens (including phenoxy) is 4. The van der Waals surface area contributed by atoms with Crippen molar-refractivity contribution in [3.63, 3.8) is 0 Å². The molecule has 2 saturated heterocycles. The van der Waals surface area contributed by atoms with E-state index in [1.54, 1.807) is 13.4 Å². The number of fused-ring (bicyclic) bond motifs is 1. The molecular formula is C27H34BrN5O4. The second-order valence-electron chi connectivity index (χ2n) is 9.43. The van der Waals surface area contributed by atoms with Crippen LogP contribution < -0.4 is 19.5 Å². The van der Waals surface area contributed by atoms with E-state index >= 15 is 0 Å². The van der Waals surface area contributed by atoms with Crippen molar-refractivity contribution < 1.29 is 18.9 Å². The highest BCUT2D eigenvalue weighted by Crippen LogP contribution is 2.38. The molecule has 1 N–H and O–H groups in total. The van der Waals surface area contributed by atoms with Gasteiger partial charge < -0.3 is 29.2 Å². The van der Waals surface area contributed by atoms with E-state index in [2.05, 4.69) is 48.1 Å². The number of aromatic nitrogens is 2. The molecule has 2 aromatic carbocycles. The Kier molecular flexibility index (Phi) is 8.60. The van der Waals surface area contributed by atoms with E-state index in [4.69, 9.17) is 18.9 Å². The molecule has 2 aliphatic heterocycles. The lowest BCUT2D eigenvalue weighted by atomic mass is 10.1. The highest BCUT2D eigenvalue weighted by Gasteiger charge is 2.21. The maximum Gasteiger partial charge on any atom is 0.145 e. The lowest BCUT2D eigenvalue weighted by Gasteiger charge is -2.32. The molecule has 0 amide bonds. The number of methoxy groups -OCH3 is 1. The highest BCUT2D eigenvalue weighted by molar-refractivity contribution is 9.10. The van der Waals surface area contributed by atoms with Crippen LogP contribution in [0.4, 0.5) is 11.5 Å². The molecule has 0 bridgehead atoms. The summed E-state index contributed by atoms with van der Waals surface area (Å²) in [7, 11) is 3.82. The third kappa shape index (κ3) is 6.62. The number of nitrogens with zero attached hydrogens (tertiary/aromatic N) is 4. The van der Waals surface area contributed by atoms with Gasteiger partial charge in [0.1, 0.15) is 42.1 Å². The summed E-state index contributed by atoms with van der Waals surface area (Å²) in [5.74, 6) is 2.86. The fourth-order valence-electron chi connectivity index (χ4n) is 4.59. The maximum absolute atomic E-state index is 6.54. The number of hydrogen-bond acceptors (Lipinski definition) is 9. The molecule has 9 nitrogen and oxygen atoms in total. The summed E-state index contributed by atoms with van der Waals surface area (Å²) < 4.78 is 24.6. The van der Waals surface area contributed by atoms with Crippen LogP contribution in [-0.4, -0.2) is 92.6 Å². The number of nitrogens with one attached hydrogen (secondary N) is 1. The molecule has 0 unspecified atom stereocenters. The van der Waals surface area contributed by atoms with Crippen LogP contribution in [0.1, 0.15) is 12.8 Å². The number of halogens is 1. The normalized spacial score (nSPS) is 17.6. The van der Waals surface area contributed by atoms with Crippen LogP contribution in [-0.2, 0) is 4.74 Å². The summed E-state index contributed by atoms with van der Waals surface area (Å²) in [5, 5.41) is 4.26. The van der Waals surface area contributed by atoms with Crippen LogP contribution in [0, 0.1) is 0 Å². The van der Waals surface area contributed by atoms with Gasteiger partial charge in [-0.25, -0.2) is 9.97 Å². The zero-order valence-corrected chi connectivity index (χ0v) is 23.0. The summed E-state index contributed by atoms with van der Waals surface area (Å²) >= 11 is 3.62. The largest absolute Gasteiger partial charge is 0.497 e. The van der Waals surface area contributed by atoms with Gasteiger partial charge in [0.25, 0.3) is 0 Å². The van der Waals surface area contributed by atoms with Gasteiger partial charge in [-0.05, 0) is 35.1 Å². The van der Waals surface area contributed by atoms with Gasteiger partial charge in [0.15, 0.2) is 0 Å². The Balaban J connectivity index is 1.42. The summed E-state index contributed by atoms with van der Waals surface area (Å²) in [6, 6.07) is 9.70. The maximum atomic E-state index is 6.54. The van der Waals surface area contributed by atoms with Crippen molar-refractivity contribution in [1.29, 1.82) is 0 Å². The quantitative estimate of drug-likeness (QED) is 0.403. The van der Waals surface area contributed by atoms with Crippen molar-refractivity contribution in [1.82, 2.24) is 19.8 Å². The van der Waals surface area contributed by atoms with Crippen molar-refractivity contribution in [2.75, 3.05) is 72.0 Å². The van der Waals surface area contributed by atoms with E-state index in [0.29, 0.717) is 31.4 Å². The molecule has 0 atom stereocenters. The first-order chi connectivity index (χ1) is 18.1. The van der Waals surface area contributed by atoms with Gasteiger partial charge in [0.2, 0.25) is 0 Å². The van der Waals surface area contributed by atoms with Gasteiger partial charge in [0.05, 0.1) is 36.9 Å². The first-order valence-corrected chi connectivity index (χ1v) is 13.6. The second-order valence-corrected chi connectivity index (χ2v) is 10.3. The fourth-order valence-corrected chi connectivity index (χ4v) is 4.94. The lowest BCUT2D eigenvalue weighted by molar-refractivity contribution is 0.0261. The molecule has 0 spiro atoms. The predicted octanol–water partition coefficient (Wildman–Crippen LogP) is 4.33. The van der Waals surface area contributed by atoms with E-state index in [1.165, 1.54) is 0 Å². The summed E-state index contributed by atoms with van der Waals surface area (Å²) in [6.07, 6.45) is 3.31. The highest BCUT2D eigenvalue weighted by atomic mass is 79.9. The van der Waals surface area contributed by atoms with Crippen molar-refractivity contribution >= 4 is 38.3 Å². The van der Waals surface area contributed by atoms with Crippen LogP contribution >= 0.6 is 15.9 Å². The van der Waals surface area contributed by atoms with Gasteiger partial charge >= 0.3 is 0 Å². The van der Waals surface area contributed by atoms with Crippen molar-refractivity contribution in [2.24, 2.45) is 0 Å². The third-order valence-electron chi connectivity index (χ3n) is 6.84. The minimum Gasteiger partial charge on any atom is -0.497 e. The van der Waals surface area contributed by atoms with Gasteiger partial charge in [-0.1, -0.05) is 0 Å². The zero-order valence-electron chi connectivity index (χ0n) is 21.4. The van der Waals surface area contributed by atoms with Crippen molar-refractivity contribution in [3.05, 3.63) is 41.1 Å². The van der Waals surface area contributed by atoms with Gasteiger partial charge in [0, 0.05) is 68.2 Å². The minimum absolute atomic E-state index is 0.0640. The number of rotatable bonds is 9.